The fourth-order valence-corrected chi connectivity index (χ4v) is 4.38. The number of quaternary nitrogens is 1. The second kappa shape index (κ2) is 13.4. The van der Waals surface area contributed by atoms with Gasteiger partial charge in [0.05, 0.1) is 0 Å². The van der Waals surface area contributed by atoms with Crippen LogP contribution in [0.25, 0.3) is 10.8 Å². The fourth-order valence-electron chi connectivity index (χ4n) is 3.59. The molecule has 0 radical (unpaired) electrons. The van der Waals surface area contributed by atoms with E-state index in [1.165, 1.54) is 25.9 Å². The SMILES string of the molecule is CC(OC(=O)CCCO[N+](C)(C)O)OC(=O)N(C)CC[C@H](Oc1cccc2ccccc12)c1cccs1. The molecule has 9 nitrogen and oxygen atoms in total. The third-order valence-corrected chi connectivity index (χ3v) is 6.38. The van der Waals surface area contributed by atoms with Crippen LogP contribution in [0.15, 0.2) is 60.0 Å². The van der Waals surface area contributed by atoms with Crippen molar-refractivity contribution in [2.24, 2.45) is 0 Å². The van der Waals surface area contributed by atoms with Gasteiger partial charge in [-0.2, -0.15) is 10.0 Å². The smallest absolute Gasteiger partial charge is 0.412 e. The Labute approximate surface area is 221 Å². The number of hydrogen-bond donors (Lipinski definition) is 1. The molecule has 2 atom stereocenters. The highest BCUT2D eigenvalue weighted by molar-refractivity contribution is 7.10. The average Bonchev–Trinajstić information content (AvgIpc) is 3.38. The molecule has 0 fully saturated rings. The Bertz CT molecular complexity index is 1140. The van der Waals surface area contributed by atoms with Crippen LogP contribution in [0.2, 0.25) is 0 Å². The van der Waals surface area contributed by atoms with Crippen LogP contribution in [0.1, 0.15) is 37.2 Å². The largest absolute Gasteiger partial charge is 0.484 e. The van der Waals surface area contributed by atoms with Crippen molar-refractivity contribution in [3.8, 4) is 5.75 Å². The van der Waals surface area contributed by atoms with Crippen LogP contribution < -0.4 is 4.74 Å². The molecule has 3 rings (SSSR count). The molecule has 0 aliphatic rings. The van der Waals surface area contributed by atoms with E-state index in [-0.39, 0.29) is 19.1 Å². The van der Waals surface area contributed by atoms with Gasteiger partial charge in [-0.15, -0.1) is 11.3 Å². The molecule has 2 aromatic carbocycles. The molecule has 0 bridgehead atoms. The van der Waals surface area contributed by atoms with Gasteiger partial charge in [-0.1, -0.05) is 47.3 Å². The predicted octanol–water partition coefficient (Wildman–Crippen LogP) is 5.55. The van der Waals surface area contributed by atoms with Crippen molar-refractivity contribution in [3.05, 3.63) is 64.9 Å². The maximum atomic E-state index is 12.6. The van der Waals surface area contributed by atoms with Crippen LogP contribution in [0, 0.1) is 0 Å². The number of nitrogens with zero attached hydrogens (tertiary/aromatic N) is 2. The molecular formula is C27H35N2O7S+. The first kappa shape index (κ1) is 28.4. The Hall–Kier alpha value is -3.18. The van der Waals surface area contributed by atoms with E-state index in [4.69, 9.17) is 19.0 Å². The number of hydroxylamine groups is 4. The van der Waals surface area contributed by atoms with Crippen molar-refractivity contribution in [3.63, 3.8) is 0 Å². The minimum Gasteiger partial charge on any atom is -0.484 e. The highest BCUT2D eigenvalue weighted by atomic mass is 32.1. The number of thiophene rings is 1. The third kappa shape index (κ3) is 9.32. The molecular weight excluding hydrogens is 496 g/mol. The van der Waals surface area contributed by atoms with Gasteiger partial charge in [-0.05, 0) is 29.3 Å². The van der Waals surface area contributed by atoms with E-state index < -0.39 is 23.2 Å². The lowest BCUT2D eigenvalue weighted by molar-refractivity contribution is -1.22. The Kier molecular flexibility index (Phi) is 10.3. The van der Waals surface area contributed by atoms with E-state index in [1.54, 1.807) is 18.4 Å². The number of hydrogen-bond acceptors (Lipinski definition) is 8. The summed E-state index contributed by atoms with van der Waals surface area (Å²) in [6, 6.07) is 18.0. The van der Waals surface area contributed by atoms with Gasteiger partial charge in [0.25, 0.3) is 0 Å². The molecule has 0 saturated heterocycles. The molecule has 200 valence electrons. The minimum atomic E-state index is -1.03. The Morgan fingerprint density at radius 3 is 2.54 bits per heavy atom. The van der Waals surface area contributed by atoms with Crippen molar-refractivity contribution < 1.29 is 38.7 Å². The summed E-state index contributed by atoms with van der Waals surface area (Å²) in [6.45, 7) is 2.05. The van der Waals surface area contributed by atoms with Gasteiger partial charge >= 0.3 is 12.1 Å². The van der Waals surface area contributed by atoms with Crippen LogP contribution in [0.5, 0.6) is 5.75 Å². The molecule has 0 aliphatic heterocycles. The van der Waals surface area contributed by atoms with E-state index >= 15 is 0 Å². The Morgan fingerprint density at radius 2 is 1.81 bits per heavy atom. The van der Waals surface area contributed by atoms with Crippen molar-refractivity contribution in [1.29, 1.82) is 0 Å². The molecule has 3 aromatic rings. The van der Waals surface area contributed by atoms with Gasteiger partial charge in [0.1, 0.15) is 32.6 Å². The summed E-state index contributed by atoms with van der Waals surface area (Å²) in [5.74, 6) is 0.269. The minimum absolute atomic E-state index is 0.0751. The molecule has 1 aromatic heterocycles. The zero-order valence-electron chi connectivity index (χ0n) is 21.7. The summed E-state index contributed by atoms with van der Waals surface area (Å²) in [5, 5.41) is 13.6. The lowest BCUT2D eigenvalue weighted by Gasteiger charge is -2.24. The Morgan fingerprint density at radius 1 is 1.05 bits per heavy atom. The number of rotatable bonds is 13. The normalized spacial score (nSPS) is 13.1. The number of ether oxygens (including phenoxy) is 3. The quantitative estimate of drug-likeness (QED) is 0.102. The van der Waals surface area contributed by atoms with Gasteiger partial charge in [0, 0.05) is 43.6 Å². The maximum Gasteiger partial charge on any atom is 0.412 e. The maximum absolute atomic E-state index is 12.6. The molecule has 0 aliphatic carbocycles. The molecule has 1 heterocycles. The van der Waals surface area contributed by atoms with Gasteiger partial charge in [0.15, 0.2) is 0 Å². The van der Waals surface area contributed by atoms with Crippen LogP contribution >= 0.6 is 11.3 Å². The number of fused-ring (bicyclic) bond motifs is 1. The molecule has 37 heavy (non-hydrogen) atoms. The summed E-state index contributed by atoms with van der Waals surface area (Å²) in [6.07, 6.45) is -0.898. The molecule has 1 unspecified atom stereocenters. The topological polar surface area (TPSA) is 94.5 Å². The van der Waals surface area contributed by atoms with Crippen LogP contribution in [-0.2, 0) is 19.1 Å². The second-order valence-corrected chi connectivity index (χ2v) is 9.96. The van der Waals surface area contributed by atoms with E-state index in [2.05, 4.69) is 0 Å². The molecule has 0 spiro atoms. The zero-order valence-corrected chi connectivity index (χ0v) is 22.5. The molecule has 1 amide bonds. The highest BCUT2D eigenvalue weighted by Gasteiger charge is 2.21. The van der Waals surface area contributed by atoms with Crippen LogP contribution in [-0.4, -0.2) is 67.6 Å². The summed E-state index contributed by atoms with van der Waals surface area (Å²) in [5.41, 5.74) is 0. The van der Waals surface area contributed by atoms with Gasteiger partial charge in [-0.25, -0.2) is 4.79 Å². The number of benzene rings is 2. The number of carbonyl (C=O) groups excluding carboxylic acids is 2. The third-order valence-electron chi connectivity index (χ3n) is 5.41. The van der Waals surface area contributed by atoms with Crippen molar-refractivity contribution in [2.45, 2.75) is 38.6 Å². The number of amides is 1. The number of carbonyl (C=O) groups is 2. The summed E-state index contributed by atoms with van der Waals surface area (Å²) in [7, 11) is 4.54. The summed E-state index contributed by atoms with van der Waals surface area (Å²) in [4.78, 5) is 31.5. The average molecular weight is 532 g/mol. The standard InChI is InChI=1S/C27H35N2O7S/c1-20(34-26(30)15-8-18-33-29(3,4)32)35-27(31)28(2)17-16-24(25-14-9-19-37-25)36-23-13-7-11-21-10-5-6-12-22(21)23/h5-7,9-14,19-20,24,32H,8,15-18H2,1-4H3/q+1/t20?,24-/m0/s1. The van der Waals surface area contributed by atoms with E-state index in [0.717, 1.165) is 21.4 Å². The van der Waals surface area contributed by atoms with Crippen LogP contribution in [0.4, 0.5) is 4.79 Å². The van der Waals surface area contributed by atoms with Crippen molar-refractivity contribution in [2.75, 3.05) is 34.3 Å². The van der Waals surface area contributed by atoms with Gasteiger partial charge in [0.2, 0.25) is 6.29 Å². The first-order valence-electron chi connectivity index (χ1n) is 12.1. The first-order chi connectivity index (χ1) is 17.6. The first-order valence-corrected chi connectivity index (χ1v) is 13.0. The van der Waals surface area contributed by atoms with E-state index in [0.29, 0.717) is 19.4 Å². The lowest BCUT2D eigenvalue weighted by Crippen LogP contribution is -2.35. The van der Waals surface area contributed by atoms with Crippen molar-refractivity contribution >= 4 is 34.2 Å². The van der Waals surface area contributed by atoms with Crippen molar-refractivity contribution in [1.82, 2.24) is 4.90 Å². The monoisotopic (exact) mass is 531 g/mol. The van der Waals surface area contributed by atoms with E-state index in [9.17, 15) is 14.8 Å². The van der Waals surface area contributed by atoms with E-state index in [1.807, 2.05) is 60.0 Å². The highest BCUT2D eigenvalue weighted by Crippen LogP contribution is 2.33. The lowest BCUT2D eigenvalue weighted by atomic mass is 10.1. The molecule has 10 heteroatoms. The van der Waals surface area contributed by atoms with Crippen LogP contribution in [0.3, 0.4) is 0 Å². The fraction of sp³-hybridized carbons (Fsp3) is 0.407. The van der Waals surface area contributed by atoms with Gasteiger partial charge < -0.3 is 19.1 Å². The Balaban J connectivity index is 1.50. The number of esters is 1. The summed E-state index contributed by atoms with van der Waals surface area (Å²) >= 11 is 1.60. The second-order valence-electron chi connectivity index (χ2n) is 8.98. The molecule has 1 N–H and O–H groups in total. The predicted molar refractivity (Wildman–Crippen MR) is 140 cm³/mol. The zero-order chi connectivity index (χ0) is 26.8. The molecule has 0 saturated carbocycles. The van der Waals surface area contributed by atoms with Gasteiger partial charge in [-0.3, -0.25) is 4.79 Å². The summed E-state index contributed by atoms with van der Waals surface area (Å²) < 4.78 is 16.9.